The van der Waals surface area contributed by atoms with E-state index in [9.17, 15) is 9.59 Å². The van der Waals surface area contributed by atoms with E-state index in [1.54, 1.807) is 6.07 Å². The fourth-order valence-electron chi connectivity index (χ4n) is 3.84. The zero-order valence-electron chi connectivity index (χ0n) is 13.5. The van der Waals surface area contributed by atoms with Crippen LogP contribution in [-0.2, 0) is 11.3 Å². The number of hydrogen-bond acceptors (Lipinski definition) is 2. The molecule has 2 bridgehead atoms. The number of piperidine rings is 1. The molecule has 22 heavy (non-hydrogen) atoms. The summed E-state index contributed by atoms with van der Waals surface area (Å²) >= 11 is 0. The second-order valence-electron chi connectivity index (χ2n) is 6.93. The summed E-state index contributed by atoms with van der Waals surface area (Å²) in [6.45, 7) is 6.42. The van der Waals surface area contributed by atoms with Crippen molar-refractivity contribution in [2.24, 2.45) is 11.8 Å². The zero-order chi connectivity index (χ0) is 15.9. The molecule has 5 nitrogen and oxygen atoms in total. The van der Waals surface area contributed by atoms with Crippen molar-refractivity contribution in [2.75, 3.05) is 13.1 Å². The summed E-state index contributed by atoms with van der Waals surface area (Å²) in [7, 11) is 0. The molecule has 3 rings (SSSR count). The van der Waals surface area contributed by atoms with Gasteiger partial charge in [-0.05, 0) is 24.8 Å². The van der Waals surface area contributed by atoms with Crippen molar-refractivity contribution >= 4 is 5.91 Å². The van der Waals surface area contributed by atoms with E-state index < -0.39 is 0 Å². The molecule has 1 saturated heterocycles. The van der Waals surface area contributed by atoms with Crippen molar-refractivity contribution in [2.45, 2.75) is 45.2 Å². The van der Waals surface area contributed by atoms with Crippen molar-refractivity contribution in [3.63, 3.8) is 0 Å². The number of rotatable bonds is 3. The molecule has 2 aliphatic rings. The van der Waals surface area contributed by atoms with Crippen molar-refractivity contribution in [1.29, 1.82) is 0 Å². The van der Waals surface area contributed by atoms with Gasteiger partial charge in [0.05, 0.1) is 0 Å². The van der Waals surface area contributed by atoms with Crippen LogP contribution < -0.4 is 11.3 Å². The van der Waals surface area contributed by atoms with Crippen LogP contribution in [0.2, 0.25) is 0 Å². The van der Waals surface area contributed by atoms with Gasteiger partial charge in [0.15, 0.2) is 6.04 Å². The minimum absolute atomic E-state index is 0.0848. The first kappa shape index (κ1) is 15.3. The summed E-state index contributed by atoms with van der Waals surface area (Å²) in [4.78, 5) is 26.7. The molecule has 0 saturated carbocycles. The maximum absolute atomic E-state index is 12.7. The van der Waals surface area contributed by atoms with Gasteiger partial charge in [0.1, 0.15) is 0 Å². The molecule has 1 amide bonds. The highest BCUT2D eigenvalue weighted by Crippen LogP contribution is 2.35. The molecule has 1 aromatic rings. The molecule has 5 heteroatoms. The smallest absolute Gasteiger partial charge is 0.281 e. The van der Waals surface area contributed by atoms with Crippen LogP contribution in [0.25, 0.3) is 0 Å². The number of fused-ring (bicyclic) bond motifs is 4. The number of aromatic nitrogens is 1. The van der Waals surface area contributed by atoms with Crippen LogP contribution in [0.5, 0.6) is 0 Å². The van der Waals surface area contributed by atoms with Crippen molar-refractivity contribution in [3.8, 4) is 0 Å². The highest BCUT2D eigenvalue weighted by atomic mass is 16.2. The summed E-state index contributed by atoms with van der Waals surface area (Å²) in [5, 5.41) is 0. The molecule has 1 aromatic heterocycles. The topological polar surface area (TPSA) is 70.0 Å². The molecule has 1 fully saturated rings. The number of hydrogen-bond donors (Lipinski definition) is 1. The SMILES string of the molecule is CC[C@H](C)[C@H]([NH3+])C(=O)N1C[C@H]2C[C@@H](C1)c1cccc(=O)n1C2. The Balaban J connectivity index is 1.82. The van der Waals surface area contributed by atoms with Gasteiger partial charge in [-0.3, -0.25) is 9.59 Å². The van der Waals surface area contributed by atoms with Gasteiger partial charge in [0, 0.05) is 43.2 Å². The number of carbonyl (C=O) groups is 1. The lowest BCUT2D eigenvalue weighted by molar-refractivity contribution is -0.417. The van der Waals surface area contributed by atoms with E-state index in [0.717, 1.165) is 38.2 Å². The average Bonchev–Trinajstić information content (AvgIpc) is 2.53. The van der Waals surface area contributed by atoms with Crippen molar-refractivity contribution in [1.82, 2.24) is 9.47 Å². The lowest BCUT2D eigenvalue weighted by atomic mass is 9.82. The van der Waals surface area contributed by atoms with Gasteiger partial charge in [-0.2, -0.15) is 0 Å². The van der Waals surface area contributed by atoms with Crippen molar-refractivity contribution in [3.05, 3.63) is 34.2 Å². The monoisotopic (exact) mass is 304 g/mol. The van der Waals surface area contributed by atoms with Crippen LogP contribution in [0.4, 0.5) is 0 Å². The third-order valence-corrected chi connectivity index (χ3v) is 5.44. The fourth-order valence-corrected chi connectivity index (χ4v) is 3.84. The molecule has 0 aromatic carbocycles. The number of quaternary nitrogens is 1. The summed E-state index contributed by atoms with van der Waals surface area (Å²) in [6, 6.07) is 5.33. The van der Waals surface area contributed by atoms with Gasteiger partial charge < -0.3 is 15.2 Å². The van der Waals surface area contributed by atoms with Crippen LogP contribution in [0.15, 0.2) is 23.0 Å². The van der Waals surface area contributed by atoms with E-state index in [1.807, 2.05) is 21.6 Å². The molecular weight excluding hydrogens is 278 g/mol. The van der Waals surface area contributed by atoms with E-state index in [-0.39, 0.29) is 23.4 Å². The second-order valence-corrected chi connectivity index (χ2v) is 6.93. The lowest BCUT2D eigenvalue weighted by Crippen LogP contribution is -2.71. The normalized spacial score (nSPS) is 26.2. The molecule has 3 N–H and O–H groups in total. The Morgan fingerprint density at radius 2 is 2.14 bits per heavy atom. The maximum Gasteiger partial charge on any atom is 0.281 e. The molecule has 0 spiro atoms. The Bertz CT molecular complexity index is 625. The standard InChI is InChI=1S/C17H25N3O2/c1-3-11(2)16(18)17(22)19-8-12-7-13(10-19)14-5-4-6-15(21)20(14)9-12/h4-6,11-13,16H,3,7-10,18H2,1-2H3/p+1/t11-,12+,13-,16-/m0/s1. The summed E-state index contributed by atoms with van der Waals surface area (Å²) in [5.41, 5.74) is 5.26. The Morgan fingerprint density at radius 3 is 2.86 bits per heavy atom. The Hall–Kier alpha value is -1.62. The van der Waals surface area contributed by atoms with Gasteiger partial charge >= 0.3 is 0 Å². The largest absolute Gasteiger partial charge is 0.347 e. The quantitative estimate of drug-likeness (QED) is 0.881. The predicted octanol–water partition coefficient (Wildman–Crippen LogP) is 0.451. The van der Waals surface area contributed by atoms with Gasteiger partial charge in [-0.15, -0.1) is 0 Å². The van der Waals surface area contributed by atoms with Gasteiger partial charge in [-0.1, -0.05) is 19.9 Å². The average molecular weight is 304 g/mol. The van der Waals surface area contributed by atoms with E-state index in [1.165, 1.54) is 0 Å². The molecule has 3 heterocycles. The van der Waals surface area contributed by atoms with Crippen LogP contribution >= 0.6 is 0 Å². The number of nitrogens with zero attached hydrogens (tertiary/aromatic N) is 2. The Labute approximate surface area is 131 Å². The summed E-state index contributed by atoms with van der Waals surface area (Å²) in [6.07, 6.45) is 2.05. The van der Waals surface area contributed by atoms with Gasteiger partial charge in [-0.25, -0.2) is 0 Å². The van der Waals surface area contributed by atoms with Crippen LogP contribution in [0, 0.1) is 11.8 Å². The zero-order valence-corrected chi connectivity index (χ0v) is 13.5. The third kappa shape index (κ3) is 2.58. The molecule has 120 valence electrons. The number of amides is 1. The Morgan fingerprint density at radius 1 is 1.36 bits per heavy atom. The number of pyridine rings is 1. The second kappa shape index (κ2) is 5.88. The summed E-state index contributed by atoms with van der Waals surface area (Å²) in [5.74, 6) is 1.16. The van der Waals surface area contributed by atoms with Crippen LogP contribution in [-0.4, -0.2) is 34.5 Å². The molecule has 4 atom stereocenters. The molecular formula is C17H26N3O2+. The van der Waals surface area contributed by atoms with Crippen LogP contribution in [0.1, 0.15) is 38.3 Å². The van der Waals surface area contributed by atoms with Gasteiger partial charge in [0.2, 0.25) is 0 Å². The Kier molecular flexibility index (Phi) is 4.08. The molecule has 0 unspecified atom stereocenters. The van der Waals surface area contributed by atoms with E-state index >= 15 is 0 Å². The number of likely N-dealkylation sites (tertiary alicyclic amines) is 1. The fraction of sp³-hybridized carbons (Fsp3) is 0.647. The van der Waals surface area contributed by atoms with Crippen LogP contribution in [0.3, 0.4) is 0 Å². The number of carbonyl (C=O) groups excluding carboxylic acids is 1. The molecule has 0 aliphatic carbocycles. The third-order valence-electron chi connectivity index (χ3n) is 5.44. The maximum atomic E-state index is 12.7. The highest BCUT2D eigenvalue weighted by molar-refractivity contribution is 5.80. The van der Waals surface area contributed by atoms with Gasteiger partial charge in [0.25, 0.3) is 11.5 Å². The predicted molar refractivity (Wildman–Crippen MR) is 84.3 cm³/mol. The van der Waals surface area contributed by atoms with Crippen molar-refractivity contribution < 1.29 is 10.5 Å². The summed E-state index contributed by atoms with van der Waals surface area (Å²) < 4.78 is 1.90. The first-order valence-electron chi connectivity index (χ1n) is 8.32. The highest BCUT2D eigenvalue weighted by Gasteiger charge is 2.38. The van der Waals surface area contributed by atoms with E-state index in [4.69, 9.17) is 0 Å². The first-order valence-corrected chi connectivity index (χ1v) is 8.32. The molecule has 0 radical (unpaired) electrons. The minimum atomic E-state index is -0.165. The lowest BCUT2D eigenvalue weighted by Gasteiger charge is -2.43. The molecule has 2 aliphatic heterocycles. The minimum Gasteiger partial charge on any atom is -0.347 e. The van der Waals surface area contributed by atoms with E-state index in [0.29, 0.717) is 11.8 Å². The first-order chi connectivity index (χ1) is 10.5. The van der Waals surface area contributed by atoms with E-state index in [2.05, 4.69) is 19.6 Å².